The van der Waals surface area contributed by atoms with E-state index in [1.165, 1.54) is 12.1 Å². The van der Waals surface area contributed by atoms with Gasteiger partial charge in [0.25, 0.3) is 0 Å². The quantitative estimate of drug-likeness (QED) is 0.138. The average molecular weight is 1030 g/mol. The van der Waals surface area contributed by atoms with Crippen LogP contribution in [0.5, 0.6) is 0 Å². The summed E-state index contributed by atoms with van der Waals surface area (Å²) >= 11 is 0. The van der Waals surface area contributed by atoms with Gasteiger partial charge in [0.2, 0.25) is 0 Å². The Morgan fingerprint density at radius 2 is 0.679 bits per heavy atom. The molecule has 12 aromatic rings. The Morgan fingerprint density at radius 1 is 0.359 bits per heavy atom. The lowest BCUT2D eigenvalue weighted by molar-refractivity contribution is -0.137. The number of hydrogen-bond donors (Lipinski definition) is 0. The molecule has 16 nitrogen and oxygen atoms in total. The van der Waals surface area contributed by atoms with Gasteiger partial charge < -0.3 is 9.13 Å². The molecule has 0 aliphatic rings. The molecule has 6 aromatic heterocycles. The first-order chi connectivity index (χ1) is 37.4. The van der Waals surface area contributed by atoms with Gasteiger partial charge in [-0.2, -0.15) is 13.2 Å². The highest BCUT2D eigenvalue weighted by Gasteiger charge is 2.35. The molecule has 0 amide bonds. The minimum absolute atomic E-state index is 0.0169. The molecular formula is C59H41F3N16. The van der Waals surface area contributed by atoms with Crippen molar-refractivity contribution in [3.8, 4) is 68.1 Å². The van der Waals surface area contributed by atoms with E-state index in [4.69, 9.17) is 53.0 Å². The summed E-state index contributed by atoms with van der Waals surface area (Å²) in [7, 11) is 0. The molecule has 0 aliphatic heterocycles. The molecule has 78 heavy (non-hydrogen) atoms. The predicted molar refractivity (Wildman–Crippen MR) is 291 cm³/mol. The molecule has 0 saturated carbocycles. The summed E-state index contributed by atoms with van der Waals surface area (Å²) in [5, 5.41) is 3.20. The minimum atomic E-state index is -4.91. The number of fused-ring (bicyclic) bond motifs is 6. The molecule has 0 unspecified atom stereocenters. The molecule has 0 N–H and O–H groups in total. The van der Waals surface area contributed by atoms with Gasteiger partial charge in [0.05, 0.1) is 52.1 Å². The number of hydrogen-bond acceptors (Lipinski definition) is 12. The molecule has 19 heteroatoms. The number of benzene rings is 6. The molecule has 0 saturated heterocycles. The Hall–Kier alpha value is -10.3. The third-order valence-electron chi connectivity index (χ3n) is 13.4. The zero-order valence-electron chi connectivity index (χ0n) is 43.1. The van der Waals surface area contributed by atoms with Gasteiger partial charge in [0.15, 0.2) is 34.7 Å². The van der Waals surface area contributed by atoms with Gasteiger partial charge in [-0.3, -0.25) is 0 Å². The van der Waals surface area contributed by atoms with Crippen molar-refractivity contribution in [3.05, 3.63) is 178 Å². The number of alkyl halides is 3. The highest BCUT2D eigenvalue weighted by atomic mass is 19.4. The van der Waals surface area contributed by atoms with Crippen molar-refractivity contribution >= 4 is 55.0 Å². The molecule has 0 atom stereocenters. The van der Waals surface area contributed by atoms with Crippen LogP contribution in [0.3, 0.4) is 0 Å². The Morgan fingerprint density at radius 3 is 0.974 bits per heavy atom. The maximum Gasteiger partial charge on any atom is 0.415 e. The van der Waals surface area contributed by atoms with Crippen molar-refractivity contribution in [2.45, 2.75) is 61.6 Å². The van der Waals surface area contributed by atoms with Crippen LogP contribution in [-0.2, 0) is 6.18 Å². The summed E-state index contributed by atoms with van der Waals surface area (Å²) < 4.78 is 50.4. The second kappa shape index (κ2) is 18.2. The monoisotopic (exact) mass is 1030 g/mol. The standard InChI is InChI=1S/C59H41F3N16/c1-28-65-29(2)70-55(69-28)36-11-16-42-43-17-12-37(56-71-30(3)66-31(4)72-56)22-50(43)77(49(42)21-36)53-26-46(41-20-15-40(63-9)25-47(41)59(60,61)62)48(64-10)27-54(53)78-51-23-38(57-73-32(5)67-33(6)74-57)13-18-44(51)45-19-14-39(24-52(45)78)58-75-34(7)68-35(8)76-58/h11-27H,1-8H3. The number of aromatic nitrogens is 14. The number of aryl methyl sites for hydroxylation is 8. The molecule has 0 fully saturated rings. The number of rotatable bonds is 7. The van der Waals surface area contributed by atoms with Crippen LogP contribution in [0.2, 0.25) is 0 Å². The molecule has 6 aromatic carbocycles. The average Bonchev–Trinajstić information content (AvgIpc) is 4.03. The Balaban J connectivity index is 1.29. The van der Waals surface area contributed by atoms with E-state index >= 15 is 13.2 Å². The highest BCUT2D eigenvalue weighted by molar-refractivity contribution is 6.14. The Labute approximate surface area is 443 Å². The molecule has 0 radical (unpaired) electrons. The largest absolute Gasteiger partial charge is 0.415 e. The third kappa shape index (κ3) is 8.43. The fourth-order valence-corrected chi connectivity index (χ4v) is 10.4. The van der Waals surface area contributed by atoms with E-state index in [1.54, 1.807) is 67.5 Å². The first-order valence-corrected chi connectivity index (χ1v) is 24.5. The van der Waals surface area contributed by atoms with Crippen LogP contribution < -0.4 is 0 Å². The zero-order chi connectivity index (χ0) is 54.5. The first kappa shape index (κ1) is 48.7. The second-order valence-electron chi connectivity index (χ2n) is 18.9. The summed E-state index contributed by atoms with van der Waals surface area (Å²) in [4.78, 5) is 62.9. The van der Waals surface area contributed by atoms with Gasteiger partial charge in [-0.25, -0.2) is 69.5 Å². The van der Waals surface area contributed by atoms with E-state index in [2.05, 4.69) is 29.6 Å². The second-order valence-corrected chi connectivity index (χ2v) is 18.9. The summed E-state index contributed by atoms with van der Waals surface area (Å²) in [6.07, 6.45) is -4.91. The van der Waals surface area contributed by atoms with E-state index in [1.807, 2.05) is 81.9 Å². The van der Waals surface area contributed by atoms with Gasteiger partial charge >= 0.3 is 6.18 Å². The summed E-state index contributed by atoms with van der Waals surface area (Å²) in [6, 6.07) is 30.2. The van der Waals surface area contributed by atoms with Gasteiger partial charge in [-0.1, -0.05) is 60.7 Å². The lowest BCUT2D eigenvalue weighted by Gasteiger charge is -2.21. The van der Waals surface area contributed by atoms with Crippen LogP contribution in [0, 0.1) is 68.5 Å². The summed E-state index contributed by atoms with van der Waals surface area (Å²) in [5.41, 5.74) is 4.37. The predicted octanol–water partition coefficient (Wildman–Crippen LogP) is 13.5. The molecule has 378 valence electrons. The maximum absolute atomic E-state index is 15.5. The Kier molecular flexibility index (Phi) is 11.4. The van der Waals surface area contributed by atoms with Crippen molar-refractivity contribution in [3.63, 3.8) is 0 Å². The highest BCUT2D eigenvalue weighted by Crippen LogP contribution is 2.48. The van der Waals surface area contributed by atoms with Gasteiger partial charge in [-0.05, 0) is 109 Å². The van der Waals surface area contributed by atoms with Crippen LogP contribution in [0.4, 0.5) is 24.5 Å². The summed E-state index contributed by atoms with van der Waals surface area (Å²) in [6.45, 7) is 30.8. The number of halogens is 3. The van der Waals surface area contributed by atoms with E-state index in [-0.39, 0.29) is 22.5 Å². The topological polar surface area (TPSA) is 173 Å². The van der Waals surface area contributed by atoms with E-state index in [9.17, 15) is 0 Å². The van der Waals surface area contributed by atoms with E-state index in [0.29, 0.717) is 126 Å². The van der Waals surface area contributed by atoms with Crippen molar-refractivity contribution in [1.29, 1.82) is 0 Å². The molecule has 12 rings (SSSR count). The zero-order valence-corrected chi connectivity index (χ0v) is 43.1. The molecule has 6 heterocycles. The molecular weight excluding hydrogens is 990 g/mol. The van der Waals surface area contributed by atoms with Crippen molar-refractivity contribution in [2.75, 3.05) is 0 Å². The molecule has 0 spiro atoms. The van der Waals surface area contributed by atoms with Crippen molar-refractivity contribution in [2.24, 2.45) is 0 Å². The van der Waals surface area contributed by atoms with E-state index < -0.39 is 11.7 Å². The molecule has 0 bridgehead atoms. The third-order valence-corrected chi connectivity index (χ3v) is 13.4. The lowest BCUT2D eigenvalue weighted by Crippen LogP contribution is -2.08. The van der Waals surface area contributed by atoms with E-state index in [0.717, 1.165) is 27.6 Å². The van der Waals surface area contributed by atoms with Crippen molar-refractivity contribution < 1.29 is 13.2 Å². The van der Waals surface area contributed by atoms with Crippen LogP contribution in [-0.4, -0.2) is 68.9 Å². The fourth-order valence-electron chi connectivity index (χ4n) is 10.4. The SMILES string of the molecule is [C-]#[N+]c1ccc(-c2cc(-n3c4cc(-c5nc(C)nc(C)n5)ccc4c4ccc(-c5nc(C)nc(C)n5)cc43)c(-n3c4cc(-c5nc(C)nc(C)n5)ccc4c4ccc(-c5nc(C)nc(C)n5)cc43)cc2[N+]#[C-])c(C(F)(F)F)c1. The number of nitrogens with zero attached hydrogens (tertiary/aromatic N) is 16. The fraction of sp³-hybridized carbons (Fsp3) is 0.153. The van der Waals surface area contributed by atoms with Crippen LogP contribution >= 0.6 is 0 Å². The smallest absolute Gasteiger partial charge is 0.308 e. The minimum Gasteiger partial charge on any atom is -0.308 e. The van der Waals surface area contributed by atoms with Gasteiger partial charge in [0.1, 0.15) is 46.6 Å². The van der Waals surface area contributed by atoms with Crippen LogP contribution in [0.1, 0.15) is 52.2 Å². The van der Waals surface area contributed by atoms with Crippen LogP contribution in [0.25, 0.3) is 121 Å². The first-order valence-electron chi connectivity index (χ1n) is 24.5. The maximum atomic E-state index is 15.5. The van der Waals surface area contributed by atoms with Crippen LogP contribution in [0.15, 0.2) is 103 Å². The molecule has 0 aliphatic carbocycles. The van der Waals surface area contributed by atoms with Gasteiger partial charge in [0, 0.05) is 43.8 Å². The summed E-state index contributed by atoms with van der Waals surface area (Å²) in [5.74, 6) is 5.92. The lowest BCUT2D eigenvalue weighted by atomic mass is 9.95. The normalized spacial score (nSPS) is 11.8. The van der Waals surface area contributed by atoms with Gasteiger partial charge in [-0.15, -0.1) is 0 Å². The van der Waals surface area contributed by atoms with Crippen molar-refractivity contribution in [1.82, 2.24) is 68.9 Å². The Bertz CT molecular complexity index is 4340.